The minimum atomic E-state index is 0.642. The van der Waals surface area contributed by atoms with Gasteiger partial charge in [0.05, 0.1) is 0 Å². The van der Waals surface area contributed by atoms with E-state index in [9.17, 15) is 0 Å². The average molecular weight is 190 g/mol. The quantitative estimate of drug-likeness (QED) is 0.666. The van der Waals surface area contributed by atoms with Crippen LogP contribution in [-0.2, 0) is 6.42 Å². The second kappa shape index (κ2) is 4.63. The van der Waals surface area contributed by atoms with Gasteiger partial charge in [-0.15, -0.1) is 0 Å². The van der Waals surface area contributed by atoms with Crippen molar-refractivity contribution in [1.82, 2.24) is 0 Å². The van der Waals surface area contributed by atoms with Crippen molar-refractivity contribution in [2.75, 3.05) is 0 Å². The van der Waals surface area contributed by atoms with Gasteiger partial charge in [-0.2, -0.15) is 0 Å². The Morgan fingerprint density at radius 1 is 1.07 bits per heavy atom. The van der Waals surface area contributed by atoms with Crippen molar-refractivity contribution < 1.29 is 0 Å². The fraction of sp³-hybridized carbons (Fsp3) is 0.571. The highest BCUT2D eigenvalue weighted by molar-refractivity contribution is 5.34. The molecule has 0 bridgehead atoms. The Kier molecular flexibility index (Phi) is 3.74. The summed E-state index contributed by atoms with van der Waals surface area (Å²) >= 11 is 0. The zero-order chi connectivity index (χ0) is 10.7. The molecule has 0 aliphatic heterocycles. The highest BCUT2D eigenvalue weighted by Gasteiger charge is 2.07. The van der Waals surface area contributed by atoms with E-state index in [1.807, 2.05) is 0 Å². The van der Waals surface area contributed by atoms with Crippen LogP contribution in [0.4, 0.5) is 0 Å². The highest BCUT2D eigenvalue weighted by Crippen LogP contribution is 2.23. The standard InChI is InChI=1S/C14H22/c1-10(2)8-13-7-6-12(5)9-14(13)11(3)4/h6-7,9-11H,8H2,1-5H3. The summed E-state index contributed by atoms with van der Waals surface area (Å²) in [6.07, 6.45) is 1.20. The van der Waals surface area contributed by atoms with E-state index in [1.54, 1.807) is 0 Å². The van der Waals surface area contributed by atoms with Crippen LogP contribution in [0, 0.1) is 12.8 Å². The molecule has 0 atom stereocenters. The molecule has 78 valence electrons. The summed E-state index contributed by atoms with van der Waals surface area (Å²) in [6, 6.07) is 6.86. The molecule has 1 rings (SSSR count). The molecule has 0 saturated heterocycles. The molecule has 0 saturated carbocycles. The molecule has 1 aromatic carbocycles. The molecule has 0 fully saturated rings. The van der Waals surface area contributed by atoms with Gasteiger partial charge in [-0.05, 0) is 36.3 Å². The topological polar surface area (TPSA) is 0 Å². The van der Waals surface area contributed by atoms with Crippen molar-refractivity contribution in [3.8, 4) is 0 Å². The van der Waals surface area contributed by atoms with Gasteiger partial charge in [-0.1, -0.05) is 51.5 Å². The van der Waals surface area contributed by atoms with Crippen LogP contribution in [-0.4, -0.2) is 0 Å². The lowest BCUT2D eigenvalue weighted by molar-refractivity contribution is 0.638. The van der Waals surface area contributed by atoms with Gasteiger partial charge in [0.2, 0.25) is 0 Å². The zero-order valence-electron chi connectivity index (χ0n) is 10.1. The van der Waals surface area contributed by atoms with Gasteiger partial charge in [0.1, 0.15) is 0 Å². The van der Waals surface area contributed by atoms with Crippen LogP contribution in [0.3, 0.4) is 0 Å². The largest absolute Gasteiger partial charge is 0.0625 e. The summed E-state index contributed by atoms with van der Waals surface area (Å²) in [5, 5.41) is 0. The Bertz CT molecular complexity index is 295. The Morgan fingerprint density at radius 2 is 1.71 bits per heavy atom. The molecule has 1 aromatic rings. The Balaban J connectivity index is 3.02. The van der Waals surface area contributed by atoms with Crippen LogP contribution in [0.1, 0.15) is 50.3 Å². The highest BCUT2D eigenvalue weighted by atomic mass is 14.1. The summed E-state index contributed by atoms with van der Waals surface area (Å²) < 4.78 is 0. The van der Waals surface area contributed by atoms with E-state index in [0.717, 1.165) is 5.92 Å². The van der Waals surface area contributed by atoms with Crippen LogP contribution < -0.4 is 0 Å². The summed E-state index contributed by atoms with van der Waals surface area (Å²) in [5.41, 5.74) is 4.43. The zero-order valence-corrected chi connectivity index (χ0v) is 10.1. The molecule has 0 heteroatoms. The second-order valence-electron chi connectivity index (χ2n) is 4.95. The first-order valence-electron chi connectivity index (χ1n) is 5.60. The Labute approximate surface area is 88.4 Å². The van der Waals surface area contributed by atoms with E-state index >= 15 is 0 Å². The van der Waals surface area contributed by atoms with Crippen molar-refractivity contribution in [2.24, 2.45) is 5.92 Å². The maximum absolute atomic E-state index is 2.34. The predicted molar refractivity (Wildman–Crippen MR) is 63.8 cm³/mol. The molecule has 0 radical (unpaired) electrons. The first-order valence-corrected chi connectivity index (χ1v) is 5.60. The fourth-order valence-corrected chi connectivity index (χ4v) is 1.88. The minimum Gasteiger partial charge on any atom is -0.0625 e. The molecule has 0 spiro atoms. The lowest BCUT2D eigenvalue weighted by Crippen LogP contribution is -2.01. The third kappa shape index (κ3) is 2.87. The van der Waals surface area contributed by atoms with E-state index in [-0.39, 0.29) is 0 Å². The van der Waals surface area contributed by atoms with Crippen molar-refractivity contribution in [1.29, 1.82) is 0 Å². The lowest BCUT2D eigenvalue weighted by Gasteiger charge is -2.15. The fourth-order valence-electron chi connectivity index (χ4n) is 1.88. The van der Waals surface area contributed by atoms with E-state index in [4.69, 9.17) is 0 Å². The third-order valence-corrected chi connectivity index (χ3v) is 2.55. The molecule has 0 heterocycles. The van der Waals surface area contributed by atoms with Gasteiger partial charge in [0.15, 0.2) is 0 Å². The average Bonchev–Trinajstić information content (AvgIpc) is 2.07. The number of aryl methyl sites for hydroxylation is 1. The van der Waals surface area contributed by atoms with Crippen LogP contribution >= 0.6 is 0 Å². The lowest BCUT2D eigenvalue weighted by atomic mass is 9.90. The molecular formula is C14H22. The third-order valence-electron chi connectivity index (χ3n) is 2.55. The summed E-state index contributed by atoms with van der Waals surface area (Å²) in [6.45, 7) is 11.3. The first kappa shape index (κ1) is 11.3. The first-order chi connectivity index (χ1) is 6.50. The predicted octanol–water partition coefficient (Wildman–Crippen LogP) is 4.32. The van der Waals surface area contributed by atoms with E-state index in [2.05, 4.69) is 52.8 Å². The summed E-state index contributed by atoms with van der Waals surface area (Å²) in [7, 11) is 0. The van der Waals surface area contributed by atoms with E-state index in [0.29, 0.717) is 5.92 Å². The maximum Gasteiger partial charge on any atom is -0.0216 e. The minimum absolute atomic E-state index is 0.642. The van der Waals surface area contributed by atoms with Gasteiger partial charge in [0, 0.05) is 0 Å². The van der Waals surface area contributed by atoms with Gasteiger partial charge in [-0.25, -0.2) is 0 Å². The Hall–Kier alpha value is -0.780. The van der Waals surface area contributed by atoms with Gasteiger partial charge in [-0.3, -0.25) is 0 Å². The Morgan fingerprint density at radius 3 is 2.21 bits per heavy atom. The monoisotopic (exact) mass is 190 g/mol. The number of hydrogen-bond donors (Lipinski definition) is 0. The molecule has 14 heavy (non-hydrogen) atoms. The van der Waals surface area contributed by atoms with Crippen molar-refractivity contribution in [3.05, 3.63) is 34.9 Å². The molecular weight excluding hydrogens is 168 g/mol. The second-order valence-corrected chi connectivity index (χ2v) is 4.95. The van der Waals surface area contributed by atoms with Crippen molar-refractivity contribution >= 4 is 0 Å². The van der Waals surface area contributed by atoms with E-state index in [1.165, 1.54) is 23.1 Å². The molecule has 0 N–H and O–H groups in total. The SMILES string of the molecule is Cc1ccc(CC(C)C)c(C(C)C)c1. The van der Waals surface area contributed by atoms with Crippen molar-refractivity contribution in [3.63, 3.8) is 0 Å². The van der Waals surface area contributed by atoms with Crippen molar-refractivity contribution in [2.45, 2.75) is 47.0 Å². The molecule has 0 nitrogen and oxygen atoms in total. The van der Waals surface area contributed by atoms with Gasteiger partial charge < -0.3 is 0 Å². The normalized spacial score (nSPS) is 11.4. The molecule has 0 aliphatic carbocycles. The number of rotatable bonds is 3. The molecule has 0 aliphatic rings. The molecule has 0 aromatic heterocycles. The molecule has 0 unspecified atom stereocenters. The smallest absolute Gasteiger partial charge is 0.0216 e. The van der Waals surface area contributed by atoms with Crippen LogP contribution in [0.15, 0.2) is 18.2 Å². The summed E-state index contributed by atoms with van der Waals surface area (Å²) in [4.78, 5) is 0. The van der Waals surface area contributed by atoms with Crippen LogP contribution in [0.25, 0.3) is 0 Å². The van der Waals surface area contributed by atoms with Crippen LogP contribution in [0.5, 0.6) is 0 Å². The van der Waals surface area contributed by atoms with E-state index < -0.39 is 0 Å². The van der Waals surface area contributed by atoms with Gasteiger partial charge >= 0.3 is 0 Å². The van der Waals surface area contributed by atoms with Gasteiger partial charge in [0.25, 0.3) is 0 Å². The number of benzene rings is 1. The maximum atomic E-state index is 2.34. The van der Waals surface area contributed by atoms with Crippen LogP contribution in [0.2, 0.25) is 0 Å². The number of hydrogen-bond acceptors (Lipinski definition) is 0. The molecule has 0 amide bonds. The summed E-state index contributed by atoms with van der Waals surface area (Å²) in [5.74, 6) is 1.39.